The molecule has 0 spiro atoms. The zero-order valence-electron chi connectivity index (χ0n) is 17.8. The van der Waals surface area contributed by atoms with Crippen molar-refractivity contribution < 1.29 is 9.13 Å². The van der Waals surface area contributed by atoms with Gasteiger partial charge in [-0.25, -0.2) is 9.18 Å². The molecule has 0 saturated heterocycles. The maximum atomic E-state index is 13.8. The first kappa shape index (κ1) is 19.8. The molecule has 6 nitrogen and oxygen atoms in total. The second kappa shape index (κ2) is 7.05. The quantitative estimate of drug-likeness (QED) is 0.394. The molecule has 33 heavy (non-hydrogen) atoms. The molecule has 0 aliphatic carbocycles. The summed E-state index contributed by atoms with van der Waals surface area (Å²) in [6.07, 6.45) is -0.519. The van der Waals surface area contributed by atoms with E-state index < -0.39 is 17.4 Å². The highest BCUT2D eigenvalue weighted by Gasteiger charge is 2.36. The predicted octanol–water partition coefficient (Wildman–Crippen LogP) is 4.38. The SMILES string of the molecule is Cn1c(=O)c2c(-c3ccc(F)cc3)n3c(c2n(C)c1=O)[C@@H](c1cccs1)Oc1ccccc1-3. The third kappa shape index (κ3) is 2.70. The molecule has 0 bridgehead atoms. The first-order valence-electron chi connectivity index (χ1n) is 10.4. The van der Waals surface area contributed by atoms with Crippen LogP contribution in [0.1, 0.15) is 16.7 Å². The van der Waals surface area contributed by atoms with Crippen molar-refractivity contribution in [3.8, 4) is 22.7 Å². The van der Waals surface area contributed by atoms with Crippen LogP contribution in [0.3, 0.4) is 0 Å². The van der Waals surface area contributed by atoms with Crippen molar-refractivity contribution in [2.45, 2.75) is 6.10 Å². The summed E-state index contributed by atoms with van der Waals surface area (Å²) in [6.45, 7) is 0. The van der Waals surface area contributed by atoms with E-state index in [1.165, 1.54) is 23.7 Å². The first-order valence-corrected chi connectivity index (χ1v) is 11.2. The molecule has 3 aromatic heterocycles. The minimum absolute atomic E-state index is 0.367. The van der Waals surface area contributed by atoms with Gasteiger partial charge in [-0.15, -0.1) is 11.3 Å². The Labute approximate surface area is 191 Å². The lowest BCUT2D eigenvalue weighted by Crippen LogP contribution is -2.37. The van der Waals surface area contributed by atoms with Gasteiger partial charge in [-0.2, -0.15) is 0 Å². The Hall–Kier alpha value is -3.91. The summed E-state index contributed by atoms with van der Waals surface area (Å²) in [7, 11) is 3.13. The van der Waals surface area contributed by atoms with Gasteiger partial charge in [0.25, 0.3) is 5.56 Å². The number of halogens is 1. The zero-order chi connectivity index (χ0) is 22.9. The number of hydrogen-bond donors (Lipinski definition) is 0. The maximum absolute atomic E-state index is 13.8. The predicted molar refractivity (Wildman–Crippen MR) is 126 cm³/mol. The van der Waals surface area contributed by atoms with Gasteiger partial charge in [0, 0.05) is 14.1 Å². The van der Waals surface area contributed by atoms with Crippen molar-refractivity contribution in [2.24, 2.45) is 14.1 Å². The van der Waals surface area contributed by atoms with E-state index in [0.717, 1.165) is 15.1 Å². The number of aromatic nitrogens is 3. The van der Waals surface area contributed by atoms with Crippen molar-refractivity contribution >= 4 is 22.2 Å². The number of thiophene rings is 1. The lowest BCUT2D eigenvalue weighted by Gasteiger charge is -2.29. The fraction of sp³-hybridized carbons (Fsp3) is 0.120. The van der Waals surface area contributed by atoms with Gasteiger partial charge in [0.2, 0.25) is 0 Å². The summed E-state index contributed by atoms with van der Waals surface area (Å²) in [6, 6.07) is 17.6. The molecule has 0 saturated carbocycles. The fourth-order valence-electron chi connectivity index (χ4n) is 4.63. The number of para-hydroxylation sites is 2. The number of fused-ring (bicyclic) bond motifs is 5. The Kier molecular flexibility index (Phi) is 4.22. The Morgan fingerprint density at radius 3 is 2.42 bits per heavy atom. The van der Waals surface area contributed by atoms with E-state index in [9.17, 15) is 14.0 Å². The molecule has 6 rings (SSSR count). The van der Waals surface area contributed by atoms with Gasteiger partial charge >= 0.3 is 5.69 Å². The summed E-state index contributed by atoms with van der Waals surface area (Å²) in [5.74, 6) is 0.294. The lowest BCUT2D eigenvalue weighted by molar-refractivity contribution is 0.233. The second-order valence-corrected chi connectivity index (χ2v) is 8.97. The van der Waals surface area contributed by atoms with Crippen LogP contribution in [0.5, 0.6) is 5.75 Å². The summed E-state index contributed by atoms with van der Waals surface area (Å²) in [4.78, 5) is 27.4. The van der Waals surface area contributed by atoms with E-state index in [1.54, 1.807) is 30.5 Å². The lowest BCUT2D eigenvalue weighted by atomic mass is 10.1. The van der Waals surface area contributed by atoms with Gasteiger partial charge in [-0.05, 0) is 53.4 Å². The highest BCUT2D eigenvalue weighted by molar-refractivity contribution is 7.10. The molecular weight excluding hydrogens is 441 g/mol. The molecule has 4 heterocycles. The number of rotatable bonds is 2. The minimum atomic E-state index is -0.519. The van der Waals surface area contributed by atoms with Crippen molar-refractivity contribution in [3.63, 3.8) is 0 Å². The molecule has 0 radical (unpaired) electrons. The summed E-state index contributed by atoms with van der Waals surface area (Å²) >= 11 is 1.54. The number of ether oxygens (including phenoxy) is 1. The van der Waals surface area contributed by atoms with Gasteiger partial charge < -0.3 is 9.30 Å². The molecule has 164 valence electrons. The summed E-state index contributed by atoms with van der Waals surface area (Å²) in [5.41, 5.74) is 2.41. The van der Waals surface area contributed by atoms with Crippen LogP contribution in [0.15, 0.2) is 75.6 Å². The first-order chi connectivity index (χ1) is 16.0. The molecule has 2 aromatic carbocycles. The van der Waals surface area contributed by atoms with Crippen molar-refractivity contribution in [1.29, 1.82) is 0 Å². The van der Waals surface area contributed by atoms with Gasteiger partial charge in [0.15, 0.2) is 6.10 Å². The van der Waals surface area contributed by atoms with Crippen LogP contribution in [-0.4, -0.2) is 13.7 Å². The standard InChI is InChI=1S/C25H18FN3O3S/c1-27-21-19(24(30)28(2)25(27)31)20(14-9-11-15(26)12-10-14)29-16-6-3-4-7-17(16)32-23(22(21)29)18-8-5-13-33-18/h3-13,23H,1-2H3/t23-/m1/s1. The van der Waals surface area contributed by atoms with Crippen LogP contribution in [0.4, 0.5) is 4.39 Å². The molecule has 0 fully saturated rings. The van der Waals surface area contributed by atoms with E-state index in [2.05, 4.69) is 0 Å². The molecule has 0 N–H and O–H groups in total. The number of aryl methyl sites for hydroxylation is 1. The summed E-state index contributed by atoms with van der Waals surface area (Å²) in [5, 5.41) is 2.36. The van der Waals surface area contributed by atoms with Crippen molar-refractivity contribution in [2.75, 3.05) is 0 Å². The van der Waals surface area contributed by atoms with E-state index in [-0.39, 0.29) is 5.82 Å². The molecule has 5 aromatic rings. The highest BCUT2D eigenvalue weighted by Crippen LogP contribution is 2.47. The number of benzene rings is 2. The van der Waals surface area contributed by atoms with Crippen molar-refractivity contribution in [1.82, 2.24) is 13.7 Å². The molecule has 1 atom stereocenters. The monoisotopic (exact) mass is 459 g/mol. The Balaban J connectivity index is 1.88. The molecule has 0 amide bonds. The number of nitrogens with zero attached hydrogens (tertiary/aromatic N) is 3. The van der Waals surface area contributed by atoms with Crippen LogP contribution in [0.25, 0.3) is 27.8 Å². The van der Waals surface area contributed by atoms with Gasteiger partial charge in [-0.3, -0.25) is 13.9 Å². The van der Waals surface area contributed by atoms with E-state index >= 15 is 0 Å². The van der Waals surface area contributed by atoms with Crippen LogP contribution < -0.4 is 16.0 Å². The van der Waals surface area contributed by atoms with Gasteiger partial charge in [0.05, 0.1) is 32.9 Å². The Morgan fingerprint density at radius 2 is 1.70 bits per heavy atom. The second-order valence-electron chi connectivity index (χ2n) is 7.99. The molecule has 8 heteroatoms. The fourth-order valence-corrected chi connectivity index (χ4v) is 5.38. The Morgan fingerprint density at radius 1 is 0.939 bits per heavy atom. The number of hydrogen-bond acceptors (Lipinski definition) is 4. The molecular formula is C25H18FN3O3S. The van der Waals surface area contributed by atoms with Crippen LogP contribution in [0, 0.1) is 5.82 Å². The minimum Gasteiger partial charge on any atom is -0.476 e. The van der Waals surface area contributed by atoms with Crippen LogP contribution >= 0.6 is 11.3 Å². The third-order valence-electron chi connectivity index (χ3n) is 6.13. The van der Waals surface area contributed by atoms with E-state index in [4.69, 9.17) is 4.74 Å². The van der Waals surface area contributed by atoms with E-state index in [1.807, 2.05) is 46.3 Å². The van der Waals surface area contributed by atoms with Gasteiger partial charge in [-0.1, -0.05) is 18.2 Å². The largest absolute Gasteiger partial charge is 0.476 e. The average molecular weight is 460 g/mol. The molecule has 1 aliphatic rings. The zero-order valence-corrected chi connectivity index (χ0v) is 18.6. The average Bonchev–Trinajstić information content (AvgIpc) is 3.48. The van der Waals surface area contributed by atoms with Crippen LogP contribution in [0.2, 0.25) is 0 Å². The van der Waals surface area contributed by atoms with Crippen molar-refractivity contribution in [3.05, 3.63) is 103 Å². The Bertz CT molecular complexity index is 1660. The van der Waals surface area contributed by atoms with Gasteiger partial charge in [0.1, 0.15) is 11.6 Å². The van der Waals surface area contributed by atoms with E-state index in [0.29, 0.717) is 33.6 Å². The molecule has 1 aliphatic heterocycles. The topological polar surface area (TPSA) is 58.2 Å². The molecule has 0 unspecified atom stereocenters. The smallest absolute Gasteiger partial charge is 0.331 e. The third-order valence-corrected chi connectivity index (χ3v) is 7.04. The van der Waals surface area contributed by atoms with Crippen LogP contribution in [-0.2, 0) is 14.1 Å². The normalized spacial score (nSPS) is 14.7. The highest BCUT2D eigenvalue weighted by atomic mass is 32.1. The maximum Gasteiger partial charge on any atom is 0.331 e. The summed E-state index contributed by atoms with van der Waals surface area (Å²) < 4.78 is 24.8.